The predicted octanol–water partition coefficient (Wildman–Crippen LogP) is 12.4. The number of hydrogen-bond acceptors (Lipinski definition) is 4. The van der Waals surface area contributed by atoms with Gasteiger partial charge in [-0.15, -0.1) is 0 Å². The molecule has 2 aliphatic rings. The second-order valence-electron chi connectivity index (χ2n) is 15.8. The van der Waals surface area contributed by atoms with Crippen molar-refractivity contribution in [2.45, 2.75) is 19.1 Å². The number of benzene rings is 8. The third-order valence-corrected chi connectivity index (χ3v) is 12.7. The summed E-state index contributed by atoms with van der Waals surface area (Å²) in [6.07, 6.45) is 0. The van der Waals surface area contributed by atoms with Crippen LogP contribution in [0.3, 0.4) is 0 Å². The zero-order valence-electron chi connectivity index (χ0n) is 38.2. The maximum atomic E-state index is 8.97. The Labute approximate surface area is 357 Å². The minimum Gasteiger partial charge on any atom is -0.457 e. The molecule has 61 heavy (non-hydrogen) atoms. The van der Waals surface area contributed by atoms with Crippen molar-refractivity contribution in [2.24, 2.45) is 0 Å². The first-order chi connectivity index (χ1) is 32.5. The summed E-state index contributed by atoms with van der Waals surface area (Å²) in [6, 6.07) is 55.2. The molecule has 6 heterocycles. The molecule has 8 aromatic carbocycles. The Kier molecular flexibility index (Phi) is 5.22. The topological polar surface area (TPSA) is 62.9 Å². The number of ether oxygens (including phenoxy) is 2. The van der Waals surface area contributed by atoms with Gasteiger partial charge in [0.2, 0.25) is 11.6 Å². The van der Waals surface area contributed by atoms with Crippen LogP contribution in [0.15, 0.2) is 170 Å². The highest BCUT2D eigenvalue weighted by atomic mass is 16.5. The molecule has 0 amide bonds. The summed E-state index contributed by atoms with van der Waals surface area (Å²) in [6.45, 7) is -4.99. The van der Waals surface area contributed by atoms with Crippen LogP contribution in [0.25, 0.3) is 67.1 Å². The van der Waals surface area contributed by atoms with Crippen LogP contribution >= 0.6 is 0 Å². The molecule has 0 radical (unpaired) electrons. The fraction of sp³-hybridized carbons (Fsp3) is 0.0566. The molecule has 8 heteroatoms. The molecule has 0 bridgehead atoms. The van der Waals surface area contributed by atoms with E-state index in [9.17, 15) is 0 Å². The van der Waals surface area contributed by atoms with Crippen molar-refractivity contribution in [1.82, 2.24) is 27.9 Å². The van der Waals surface area contributed by atoms with Gasteiger partial charge >= 0.3 is 0 Å². The Morgan fingerprint density at radius 1 is 0.443 bits per heavy atom. The fourth-order valence-corrected chi connectivity index (χ4v) is 10.3. The Balaban J connectivity index is 1.08. The molecule has 0 N–H and O–H groups in total. The first-order valence-electron chi connectivity index (χ1n) is 23.2. The normalized spacial score (nSPS) is 15.7. The number of hydrogen-bond donors (Lipinski definition) is 0. The van der Waals surface area contributed by atoms with E-state index in [0.29, 0.717) is 50.8 Å². The van der Waals surface area contributed by atoms with E-state index in [1.807, 2.05) is 141 Å². The molecule has 2 aliphatic heterocycles. The molecule has 8 nitrogen and oxygen atoms in total. The molecule has 0 aliphatic carbocycles. The summed E-state index contributed by atoms with van der Waals surface area (Å²) in [5.74, 6) is 3.78. The lowest BCUT2D eigenvalue weighted by molar-refractivity contribution is 0.398. The molecule has 0 fully saturated rings. The highest BCUT2D eigenvalue weighted by Crippen LogP contribution is 2.62. The maximum absolute atomic E-state index is 8.97. The average molecular weight is 793 g/mol. The highest BCUT2D eigenvalue weighted by molar-refractivity contribution is 5.97. The number of para-hydroxylation sites is 9. The lowest BCUT2D eigenvalue weighted by atomic mass is 9.62. The summed E-state index contributed by atoms with van der Waals surface area (Å²) < 4.78 is 73.5. The SMILES string of the molecule is [2H]C([2H])([2H])c1cccc2c1nc1n(-c3cc(C([2H])([2H])[2H])c4nc5n(-c6cccc7c6Oc6ccccc6C76c7ccccc7Oc7ccccc76)c6ccccc6n5c4c3)c3ccccc3n21. The molecule has 288 valence electrons. The van der Waals surface area contributed by atoms with Gasteiger partial charge in [-0.05, 0) is 91.6 Å². The van der Waals surface area contributed by atoms with Crippen LogP contribution in [0.5, 0.6) is 23.0 Å². The maximum Gasteiger partial charge on any atom is 0.220 e. The van der Waals surface area contributed by atoms with Gasteiger partial charge in [-0.25, -0.2) is 9.97 Å². The number of imidazole rings is 4. The Morgan fingerprint density at radius 2 is 0.951 bits per heavy atom. The van der Waals surface area contributed by atoms with Crippen LogP contribution in [-0.4, -0.2) is 27.9 Å². The minimum absolute atomic E-state index is 0.0594. The first-order valence-corrected chi connectivity index (χ1v) is 20.2. The van der Waals surface area contributed by atoms with E-state index in [0.717, 1.165) is 61.5 Å². The fourth-order valence-electron chi connectivity index (χ4n) is 10.3. The van der Waals surface area contributed by atoms with Gasteiger partial charge in [0.15, 0.2) is 5.75 Å². The summed E-state index contributed by atoms with van der Waals surface area (Å²) in [7, 11) is 0. The molecule has 0 saturated heterocycles. The Bertz CT molecular complexity index is 4050. The third-order valence-electron chi connectivity index (χ3n) is 12.7. The number of aromatic nitrogens is 6. The van der Waals surface area contributed by atoms with Crippen LogP contribution in [0, 0.1) is 13.7 Å². The van der Waals surface area contributed by atoms with E-state index in [1.54, 1.807) is 18.2 Å². The van der Waals surface area contributed by atoms with E-state index in [-0.39, 0.29) is 11.1 Å². The van der Waals surface area contributed by atoms with Crippen molar-refractivity contribution < 1.29 is 17.7 Å². The molecular weight excluding hydrogens is 753 g/mol. The van der Waals surface area contributed by atoms with Gasteiger partial charge in [0.05, 0.1) is 60.9 Å². The van der Waals surface area contributed by atoms with Gasteiger partial charge in [0.25, 0.3) is 0 Å². The Morgan fingerprint density at radius 3 is 1.62 bits per heavy atom. The number of fused-ring (bicyclic) bond motifs is 18. The van der Waals surface area contributed by atoms with Crippen molar-refractivity contribution >= 4 is 55.7 Å². The summed E-state index contributed by atoms with van der Waals surface area (Å²) in [5.41, 5.74) is 9.56. The zero-order valence-corrected chi connectivity index (χ0v) is 32.2. The van der Waals surface area contributed by atoms with Gasteiger partial charge in [0, 0.05) is 30.5 Å². The third kappa shape index (κ3) is 4.04. The largest absolute Gasteiger partial charge is 0.457 e. The van der Waals surface area contributed by atoms with Gasteiger partial charge in [-0.1, -0.05) is 103 Å². The number of nitrogens with zero attached hydrogens (tertiary/aromatic N) is 6. The van der Waals surface area contributed by atoms with Crippen molar-refractivity contribution in [3.63, 3.8) is 0 Å². The zero-order chi connectivity index (χ0) is 45.1. The van der Waals surface area contributed by atoms with Gasteiger partial charge < -0.3 is 9.47 Å². The number of rotatable bonds is 2. The van der Waals surface area contributed by atoms with E-state index in [1.165, 1.54) is 0 Å². The lowest BCUT2D eigenvalue weighted by Gasteiger charge is -2.45. The van der Waals surface area contributed by atoms with Gasteiger partial charge in [-0.2, -0.15) is 0 Å². The van der Waals surface area contributed by atoms with E-state index in [2.05, 4.69) is 28.8 Å². The highest BCUT2D eigenvalue weighted by Gasteiger charge is 2.51. The minimum atomic E-state index is -2.59. The monoisotopic (exact) mass is 792 g/mol. The van der Waals surface area contributed by atoms with Crippen molar-refractivity contribution in [3.8, 4) is 34.4 Å². The molecule has 0 unspecified atom stereocenters. The lowest BCUT2D eigenvalue weighted by Crippen LogP contribution is -2.37. The Hall–Kier alpha value is -8.10. The average Bonchev–Trinajstić information content (AvgIpc) is 4.07. The molecule has 14 rings (SSSR count). The quantitative estimate of drug-likeness (QED) is 0.175. The molecule has 1 spiro atoms. The molecule has 0 atom stereocenters. The summed E-state index contributed by atoms with van der Waals surface area (Å²) in [5, 5.41) is 0. The van der Waals surface area contributed by atoms with E-state index in [4.69, 9.17) is 27.7 Å². The van der Waals surface area contributed by atoms with Crippen LogP contribution in [0.1, 0.15) is 41.6 Å². The van der Waals surface area contributed by atoms with Crippen molar-refractivity contribution in [3.05, 3.63) is 203 Å². The molecule has 12 aromatic rings. The first kappa shape index (κ1) is 27.6. The standard InChI is InChI=1S/C53H34N6O2/c1-31-15-13-24-42-48(31)54-51-56(38-20-6-7-21-39(38)57(42)51)33-29-32(2)49-44(30-33)59-41-23-9-8-22-40(41)58(52(59)55-49)43-25-14-19-37-50(43)61-47-28-12-5-18-36(47)53(37)34-16-3-10-26-45(34)60-46-27-11-4-17-35(46)53/h3-30H,1-2H3/i1D3,2D3. The summed E-state index contributed by atoms with van der Waals surface area (Å²) in [4.78, 5) is 10.3. The van der Waals surface area contributed by atoms with Crippen LogP contribution in [0.4, 0.5) is 0 Å². The molecular formula is C53H34N6O2. The second kappa shape index (κ2) is 11.5. The van der Waals surface area contributed by atoms with Crippen LogP contribution in [0.2, 0.25) is 0 Å². The van der Waals surface area contributed by atoms with Crippen molar-refractivity contribution in [1.29, 1.82) is 0 Å². The molecule has 0 saturated carbocycles. The summed E-state index contributed by atoms with van der Waals surface area (Å²) >= 11 is 0. The van der Waals surface area contributed by atoms with Gasteiger partial charge in [-0.3, -0.25) is 17.9 Å². The molecule has 4 aromatic heterocycles. The number of aryl methyl sites for hydroxylation is 2. The van der Waals surface area contributed by atoms with Crippen molar-refractivity contribution in [2.75, 3.05) is 0 Å². The van der Waals surface area contributed by atoms with Crippen LogP contribution < -0.4 is 9.47 Å². The van der Waals surface area contributed by atoms with E-state index >= 15 is 0 Å². The van der Waals surface area contributed by atoms with Gasteiger partial charge in [0.1, 0.15) is 17.2 Å². The van der Waals surface area contributed by atoms with Crippen LogP contribution in [-0.2, 0) is 5.41 Å². The van der Waals surface area contributed by atoms with E-state index < -0.39 is 19.1 Å². The predicted molar refractivity (Wildman–Crippen MR) is 241 cm³/mol. The smallest absolute Gasteiger partial charge is 0.220 e. The second-order valence-corrected chi connectivity index (χ2v) is 15.8.